The molecule has 3 aromatic carbocycles. The fraction of sp³-hybridized carbons (Fsp3) is 0.375. The molecule has 2 saturated heterocycles. The maximum absolute atomic E-state index is 14.2. The summed E-state index contributed by atoms with van der Waals surface area (Å²) in [6.45, 7) is 11.8. The molecule has 2 aliphatic heterocycles. The van der Waals surface area contributed by atoms with E-state index in [2.05, 4.69) is 24.5 Å². The summed E-state index contributed by atoms with van der Waals surface area (Å²) in [5.41, 5.74) is 1.43. The molecule has 0 radical (unpaired) electrons. The van der Waals surface area contributed by atoms with Crippen LogP contribution in [0.5, 0.6) is 0 Å². The Labute approximate surface area is 299 Å². The summed E-state index contributed by atoms with van der Waals surface area (Å²) >= 11 is 0. The molecule has 0 bridgehead atoms. The molecule has 0 saturated carbocycles. The van der Waals surface area contributed by atoms with Crippen LogP contribution in [0.25, 0.3) is 12.2 Å². The predicted molar refractivity (Wildman–Crippen MR) is 195 cm³/mol. The number of carbonyl (C=O) groups excluding carboxylic acids is 3. The molecule has 0 aliphatic carbocycles. The van der Waals surface area contributed by atoms with E-state index in [9.17, 15) is 23.2 Å². The first kappa shape index (κ1) is 37.6. The van der Waals surface area contributed by atoms with Gasteiger partial charge >= 0.3 is 13.1 Å². The van der Waals surface area contributed by atoms with E-state index in [0.717, 1.165) is 5.56 Å². The van der Waals surface area contributed by atoms with Crippen molar-refractivity contribution in [2.45, 2.75) is 77.6 Å². The highest BCUT2D eigenvalue weighted by molar-refractivity contribution is 6.48. The molecule has 268 valence electrons. The Bertz CT molecular complexity index is 1690. The van der Waals surface area contributed by atoms with Gasteiger partial charge in [-0.25, -0.2) is 13.6 Å². The van der Waals surface area contributed by atoms with Gasteiger partial charge in [0.05, 0.1) is 30.2 Å². The smallest absolute Gasteiger partial charge is 0.402 e. The molecular weight excluding hydrogens is 651 g/mol. The summed E-state index contributed by atoms with van der Waals surface area (Å²) in [4.78, 5) is 43.4. The van der Waals surface area contributed by atoms with Crippen LogP contribution in [0.2, 0.25) is 0 Å². The first-order valence-electron chi connectivity index (χ1n) is 17.3. The Morgan fingerprint density at radius 3 is 1.76 bits per heavy atom. The molecule has 2 heterocycles. The third kappa shape index (κ3) is 9.59. The monoisotopic (exact) mass is 697 g/mol. The lowest BCUT2D eigenvalue weighted by Crippen LogP contribution is -2.58. The molecule has 0 unspecified atom stereocenters. The van der Waals surface area contributed by atoms with Gasteiger partial charge in [0.2, 0.25) is 5.91 Å². The number of amides is 3. The summed E-state index contributed by atoms with van der Waals surface area (Å²) in [6, 6.07) is 19.2. The van der Waals surface area contributed by atoms with Gasteiger partial charge in [-0.3, -0.25) is 9.59 Å². The number of likely N-dealkylation sites (tertiary alicyclic amines) is 1. The number of halogens is 2. The lowest BCUT2D eigenvalue weighted by molar-refractivity contribution is -0.123. The number of benzene rings is 3. The molecule has 5 rings (SSSR count). The van der Waals surface area contributed by atoms with Crippen LogP contribution in [0.15, 0.2) is 90.0 Å². The Balaban J connectivity index is 1.43. The number of rotatable bonds is 10. The molecule has 11 heteroatoms. The number of hydrogen-bond acceptors (Lipinski definition) is 5. The molecule has 3 amide bonds. The first-order chi connectivity index (χ1) is 24.1. The van der Waals surface area contributed by atoms with Gasteiger partial charge in [0.25, 0.3) is 0 Å². The summed E-state index contributed by atoms with van der Waals surface area (Å²) in [7, 11) is -0.694. The largest absolute Gasteiger partial charge is 0.481 e. The van der Waals surface area contributed by atoms with E-state index in [1.165, 1.54) is 29.2 Å². The summed E-state index contributed by atoms with van der Waals surface area (Å²) < 4.78 is 40.0. The van der Waals surface area contributed by atoms with Crippen LogP contribution in [0.1, 0.15) is 64.7 Å². The Hall–Kier alpha value is -4.61. The molecule has 2 N–H and O–H groups in total. The van der Waals surface area contributed by atoms with E-state index < -0.39 is 53.9 Å². The third-order valence-electron chi connectivity index (χ3n) is 9.56. The zero-order valence-corrected chi connectivity index (χ0v) is 30.0. The fourth-order valence-electron chi connectivity index (χ4n) is 6.08. The second kappa shape index (κ2) is 15.7. The second-order valence-corrected chi connectivity index (χ2v) is 14.7. The Morgan fingerprint density at radius 2 is 1.29 bits per heavy atom. The minimum atomic E-state index is -0.983. The minimum Gasteiger partial charge on any atom is -0.402 e. The van der Waals surface area contributed by atoms with Crippen LogP contribution in [0.4, 0.5) is 13.6 Å². The highest BCUT2D eigenvalue weighted by atomic mass is 19.1. The molecule has 8 nitrogen and oxygen atoms in total. The molecule has 2 aliphatic rings. The van der Waals surface area contributed by atoms with Crippen LogP contribution in [0, 0.1) is 17.6 Å². The highest BCUT2D eigenvalue weighted by Gasteiger charge is 2.54. The van der Waals surface area contributed by atoms with Crippen molar-refractivity contribution in [3.8, 4) is 0 Å². The quantitative estimate of drug-likeness (QED) is 0.180. The van der Waals surface area contributed by atoms with E-state index in [1.807, 2.05) is 58.0 Å². The summed E-state index contributed by atoms with van der Waals surface area (Å²) in [6.07, 6.45) is 4.03. The van der Waals surface area contributed by atoms with Crippen LogP contribution in [-0.4, -0.2) is 66.0 Å². The van der Waals surface area contributed by atoms with E-state index in [-0.39, 0.29) is 31.2 Å². The Kier molecular flexibility index (Phi) is 11.6. The number of ketones is 1. The zero-order valence-electron chi connectivity index (χ0n) is 30.0. The number of nitrogens with one attached hydrogen (secondary N) is 2. The third-order valence-corrected chi connectivity index (χ3v) is 9.56. The molecule has 51 heavy (non-hydrogen) atoms. The van der Waals surface area contributed by atoms with Crippen LogP contribution in [0.3, 0.4) is 0 Å². The standard InChI is InChI=1S/C40H46BF2N3O5/c1-26(2)20-35(41-50-39(3,4)40(5,6)51-41)45-37(48)34(23-27-10-8-7-9-11-27)44-38(49)46-24-30(21-28-12-16-32(42)17-13-28)36(47)31(25-46)22-29-14-18-33(43)19-15-29/h7-19,21-22,26,34-35H,20,23-25H2,1-6H3,(H,44,49)(H,45,48)/b30-21+,31-22+/t34-,35-/m0/s1. The number of urea groups is 1. The van der Waals surface area contributed by atoms with Crippen LogP contribution < -0.4 is 10.6 Å². The van der Waals surface area contributed by atoms with Gasteiger partial charge in [0.1, 0.15) is 17.7 Å². The molecule has 0 aromatic heterocycles. The number of carbonyl (C=O) groups is 3. The zero-order chi connectivity index (χ0) is 36.9. The number of Topliss-reactive ketones (excluding diaryl/α,β-unsaturated/α-hetero) is 1. The van der Waals surface area contributed by atoms with Crippen molar-refractivity contribution in [3.63, 3.8) is 0 Å². The van der Waals surface area contributed by atoms with Gasteiger partial charge in [0.15, 0.2) is 5.78 Å². The maximum atomic E-state index is 14.2. The number of nitrogens with zero attached hydrogens (tertiary/aromatic N) is 1. The van der Waals surface area contributed by atoms with Crippen molar-refractivity contribution in [2.75, 3.05) is 13.1 Å². The summed E-state index contributed by atoms with van der Waals surface area (Å²) in [5, 5.41) is 6.08. The van der Waals surface area contributed by atoms with Crippen molar-refractivity contribution in [1.82, 2.24) is 15.5 Å². The number of hydrogen-bond donors (Lipinski definition) is 2. The molecule has 2 atom stereocenters. The van der Waals surface area contributed by atoms with Crippen molar-refractivity contribution in [1.29, 1.82) is 0 Å². The number of piperidine rings is 1. The molecule has 2 fully saturated rings. The molecular formula is C40H46BF2N3O5. The molecule has 3 aromatic rings. The topological polar surface area (TPSA) is 97.0 Å². The fourth-order valence-corrected chi connectivity index (χ4v) is 6.08. The average Bonchev–Trinajstić information content (AvgIpc) is 3.30. The SMILES string of the molecule is CC(C)C[C@H](NC(=O)[C@H](Cc1ccccc1)NC(=O)N1C/C(=C\c2ccc(F)cc2)C(=O)/C(=C/c2ccc(F)cc2)C1)B1OC(C)(C)C(C)(C)O1. The van der Waals surface area contributed by atoms with E-state index >= 15 is 0 Å². The van der Waals surface area contributed by atoms with Crippen molar-refractivity contribution in [2.24, 2.45) is 5.92 Å². The van der Waals surface area contributed by atoms with E-state index in [0.29, 0.717) is 28.7 Å². The van der Waals surface area contributed by atoms with Crippen LogP contribution in [-0.2, 0) is 25.3 Å². The van der Waals surface area contributed by atoms with Gasteiger partial charge < -0.3 is 24.8 Å². The first-order valence-corrected chi connectivity index (χ1v) is 17.3. The van der Waals surface area contributed by atoms with Gasteiger partial charge in [-0.1, -0.05) is 68.4 Å². The minimum absolute atomic E-state index is 0.0492. The summed E-state index contributed by atoms with van der Waals surface area (Å²) in [5.74, 6) is -1.80. The van der Waals surface area contributed by atoms with Gasteiger partial charge in [0, 0.05) is 17.6 Å². The van der Waals surface area contributed by atoms with E-state index in [1.54, 1.807) is 36.4 Å². The van der Waals surface area contributed by atoms with Gasteiger partial charge in [-0.05, 0) is 93.1 Å². The van der Waals surface area contributed by atoms with Crippen molar-refractivity contribution < 1.29 is 32.5 Å². The Morgan fingerprint density at radius 1 is 0.804 bits per heavy atom. The van der Waals surface area contributed by atoms with E-state index in [4.69, 9.17) is 9.31 Å². The van der Waals surface area contributed by atoms with Crippen molar-refractivity contribution >= 4 is 37.0 Å². The lowest BCUT2D eigenvalue weighted by atomic mass is 9.74. The second-order valence-electron chi connectivity index (χ2n) is 14.7. The lowest BCUT2D eigenvalue weighted by Gasteiger charge is -2.32. The predicted octanol–water partition coefficient (Wildman–Crippen LogP) is 6.80. The normalized spacial score (nSPS) is 19.7. The van der Waals surface area contributed by atoms with Crippen molar-refractivity contribution in [3.05, 3.63) is 118 Å². The van der Waals surface area contributed by atoms with Gasteiger partial charge in [-0.2, -0.15) is 0 Å². The van der Waals surface area contributed by atoms with Crippen LogP contribution >= 0.6 is 0 Å². The average molecular weight is 698 g/mol. The molecule has 0 spiro atoms. The maximum Gasteiger partial charge on any atom is 0.481 e. The highest BCUT2D eigenvalue weighted by Crippen LogP contribution is 2.38. The van der Waals surface area contributed by atoms with Gasteiger partial charge in [-0.15, -0.1) is 0 Å².